The van der Waals surface area contributed by atoms with Gasteiger partial charge in [-0.2, -0.15) is 18.3 Å². The number of carbonyl (C=O) groups is 1. The molecule has 6 nitrogen and oxygen atoms in total. The number of pyridine rings is 1. The molecular formula is C24H23F3N4O2. The Morgan fingerprint density at radius 3 is 2.39 bits per heavy atom. The Bertz CT molecular complexity index is 1160. The van der Waals surface area contributed by atoms with Gasteiger partial charge < -0.3 is 9.47 Å². The molecule has 0 saturated heterocycles. The van der Waals surface area contributed by atoms with Crippen LogP contribution in [-0.2, 0) is 24.1 Å². The van der Waals surface area contributed by atoms with E-state index in [2.05, 4.69) is 34.5 Å². The van der Waals surface area contributed by atoms with E-state index in [0.717, 1.165) is 30.4 Å². The smallest absolute Gasteiger partial charge is 0.367 e. The first kappa shape index (κ1) is 23.8. The number of amides is 1. The van der Waals surface area contributed by atoms with Gasteiger partial charge in [0.1, 0.15) is 6.54 Å². The van der Waals surface area contributed by atoms with Crippen LogP contribution in [0.4, 0.5) is 18.9 Å². The van der Waals surface area contributed by atoms with Crippen LogP contribution in [0.2, 0.25) is 0 Å². The van der Waals surface area contributed by atoms with Crippen molar-refractivity contribution in [2.24, 2.45) is 5.10 Å². The van der Waals surface area contributed by atoms with E-state index in [0.29, 0.717) is 16.8 Å². The summed E-state index contributed by atoms with van der Waals surface area (Å²) < 4.78 is 39.1. The average Bonchev–Trinajstić information content (AvgIpc) is 2.79. The van der Waals surface area contributed by atoms with Gasteiger partial charge in [0.25, 0.3) is 11.5 Å². The van der Waals surface area contributed by atoms with Gasteiger partial charge in [-0.25, -0.2) is 5.43 Å². The Labute approximate surface area is 189 Å². The molecule has 0 unspecified atom stereocenters. The summed E-state index contributed by atoms with van der Waals surface area (Å²) in [6.07, 6.45) is -2.58. The number of nitrogens with zero attached hydrogens (tertiary/aromatic N) is 3. The molecule has 9 heteroatoms. The number of nitrogens with one attached hydrogen (secondary N) is 1. The standard InChI is InChI=1S/C24H23F3N4O2/c1-2-30(15-19-6-4-3-5-7-19)21-11-8-18(9-12-21)14-28-29-22(32)17-31-16-20(24(25,26)27)10-13-23(31)33/h3-14,16H,2,15,17H2,1H3,(H,29,32)/b28-14-. The van der Waals surface area contributed by atoms with Gasteiger partial charge in [0.2, 0.25) is 0 Å². The van der Waals surface area contributed by atoms with Gasteiger partial charge in [-0.15, -0.1) is 0 Å². The van der Waals surface area contributed by atoms with Crippen LogP contribution in [0.1, 0.15) is 23.6 Å². The Kier molecular flexibility index (Phi) is 7.66. The van der Waals surface area contributed by atoms with Crippen LogP contribution in [0.3, 0.4) is 0 Å². The van der Waals surface area contributed by atoms with Crippen molar-refractivity contribution < 1.29 is 18.0 Å². The molecule has 0 aliphatic carbocycles. The van der Waals surface area contributed by atoms with E-state index in [9.17, 15) is 22.8 Å². The van der Waals surface area contributed by atoms with E-state index >= 15 is 0 Å². The number of benzene rings is 2. The molecule has 1 heterocycles. The topological polar surface area (TPSA) is 66.7 Å². The quantitative estimate of drug-likeness (QED) is 0.411. The van der Waals surface area contributed by atoms with Crippen LogP contribution < -0.4 is 15.9 Å². The normalized spacial score (nSPS) is 11.5. The minimum absolute atomic E-state index is 0.579. The lowest BCUT2D eigenvalue weighted by atomic mass is 10.1. The highest BCUT2D eigenvalue weighted by Gasteiger charge is 2.31. The first-order valence-electron chi connectivity index (χ1n) is 10.2. The second kappa shape index (κ2) is 10.6. The number of halogens is 3. The number of rotatable bonds is 8. The van der Waals surface area contributed by atoms with Gasteiger partial charge >= 0.3 is 6.18 Å². The van der Waals surface area contributed by atoms with Crippen molar-refractivity contribution in [3.8, 4) is 0 Å². The van der Waals surface area contributed by atoms with E-state index in [1.165, 1.54) is 11.8 Å². The van der Waals surface area contributed by atoms with E-state index in [1.54, 1.807) is 0 Å². The summed E-state index contributed by atoms with van der Waals surface area (Å²) in [5, 5.41) is 3.83. The molecule has 0 aliphatic rings. The molecule has 33 heavy (non-hydrogen) atoms. The second-order valence-electron chi connectivity index (χ2n) is 7.27. The zero-order valence-corrected chi connectivity index (χ0v) is 17.9. The van der Waals surface area contributed by atoms with Crippen LogP contribution in [-0.4, -0.2) is 23.2 Å². The fraction of sp³-hybridized carbons (Fsp3) is 0.208. The van der Waals surface area contributed by atoms with Crippen molar-refractivity contribution in [2.75, 3.05) is 11.4 Å². The molecule has 0 atom stereocenters. The lowest BCUT2D eigenvalue weighted by molar-refractivity contribution is -0.138. The molecule has 1 aromatic heterocycles. The van der Waals surface area contributed by atoms with Crippen molar-refractivity contribution >= 4 is 17.8 Å². The zero-order valence-electron chi connectivity index (χ0n) is 17.9. The zero-order chi connectivity index (χ0) is 23.8. The van der Waals surface area contributed by atoms with Crippen molar-refractivity contribution in [1.82, 2.24) is 9.99 Å². The molecule has 0 bridgehead atoms. The highest BCUT2D eigenvalue weighted by molar-refractivity contribution is 5.82. The lowest BCUT2D eigenvalue weighted by Crippen LogP contribution is -2.30. The van der Waals surface area contributed by atoms with Gasteiger partial charge in [0.05, 0.1) is 11.8 Å². The number of alkyl halides is 3. The van der Waals surface area contributed by atoms with Gasteiger partial charge in [-0.3, -0.25) is 9.59 Å². The number of hydrazone groups is 1. The number of carbonyl (C=O) groups excluding carboxylic acids is 1. The highest BCUT2D eigenvalue weighted by Crippen LogP contribution is 2.28. The first-order chi connectivity index (χ1) is 15.8. The maximum absolute atomic E-state index is 12.8. The molecule has 0 aliphatic heterocycles. The molecule has 3 rings (SSSR count). The van der Waals surface area contributed by atoms with E-state index < -0.39 is 29.8 Å². The molecule has 0 saturated carbocycles. The molecular weight excluding hydrogens is 433 g/mol. The maximum Gasteiger partial charge on any atom is 0.417 e. The second-order valence-corrected chi connectivity index (χ2v) is 7.27. The third-order valence-corrected chi connectivity index (χ3v) is 4.88. The predicted molar refractivity (Wildman–Crippen MR) is 121 cm³/mol. The summed E-state index contributed by atoms with van der Waals surface area (Å²) in [5.74, 6) is -0.718. The van der Waals surface area contributed by atoms with Crippen molar-refractivity contribution in [2.45, 2.75) is 26.2 Å². The molecule has 172 valence electrons. The Morgan fingerprint density at radius 1 is 1.06 bits per heavy atom. The molecule has 1 N–H and O–H groups in total. The van der Waals surface area contributed by atoms with Crippen molar-refractivity contribution in [3.05, 3.63) is 100.0 Å². The summed E-state index contributed by atoms with van der Waals surface area (Å²) in [6.45, 7) is 3.09. The van der Waals surface area contributed by atoms with Crippen LogP contribution in [0.25, 0.3) is 0 Å². The Balaban J connectivity index is 1.58. The molecule has 0 fully saturated rings. The summed E-state index contributed by atoms with van der Waals surface area (Å²) in [7, 11) is 0. The minimum Gasteiger partial charge on any atom is -0.367 e. The average molecular weight is 456 g/mol. The van der Waals surface area contributed by atoms with Gasteiger partial charge in [0, 0.05) is 31.0 Å². The largest absolute Gasteiger partial charge is 0.417 e. The van der Waals surface area contributed by atoms with Crippen LogP contribution in [0, 0.1) is 0 Å². The Hall–Kier alpha value is -3.88. The van der Waals surface area contributed by atoms with Crippen LogP contribution >= 0.6 is 0 Å². The van der Waals surface area contributed by atoms with E-state index in [-0.39, 0.29) is 0 Å². The minimum atomic E-state index is -4.61. The first-order valence-corrected chi connectivity index (χ1v) is 10.2. The fourth-order valence-electron chi connectivity index (χ4n) is 3.15. The van der Waals surface area contributed by atoms with Gasteiger partial charge in [-0.1, -0.05) is 42.5 Å². The molecule has 1 amide bonds. The fourth-order valence-corrected chi connectivity index (χ4v) is 3.15. The monoisotopic (exact) mass is 456 g/mol. The third-order valence-electron chi connectivity index (χ3n) is 4.88. The summed E-state index contributed by atoms with van der Waals surface area (Å²) >= 11 is 0. The summed E-state index contributed by atoms with van der Waals surface area (Å²) in [4.78, 5) is 25.9. The lowest BCUT2D eigenvalue weighted by Gasteiger charge is -2.23. The van der Waals surface area contributed by atoms with Gasteiger partial charge in [-0.05, 0) is 36.2 Å². The van der Waals surface area contributed by atoms with E-state index in [4.69, 9.17) is 0 Å². The number of aromatic nitrogens is 1. The SMILES string of the molecule is CCN(Cc1ccccc1)c1ccc(/C=N\NC(=O)Cn2cc(C(F)(F)F)ccc2=O)cc1. The van der Waals surface area contributed by atoms with Gasteiger partial charge in [0.15, 0.2) is 0 Å². The van der Waals surface area contributed by atoms with E-state index in [1.807, 2.05) is 42.5 Å². The predicted octanol–water partition coefficient (Wildman–Crippen LogP) is 4.04. The van der Waals surface area contributed by atoms with Crippen molar-refractivity contribution in [3.63, 3.8) is 0 Å². The number of hydrogen-bond donors (Lipinski definition) is 1. The Morgan fingerprint density at radius 2 is 1.76 bits per heavy atom. The number of hydrogen-bond acceptors (Lipinski definition) is 4. The highest BCUT2D eigenvalue weighted by atomic mass is 19.4. The molecule has 0 spiro atoms. The van der Waals surface area contributed by atoms with Crippen LogP contribution in [0.15, 0.2) is 82.8 Å². The molecule has 0 radical (unpaired) electrons. The molecule has 3 aromatic rings. The maximum atomic E-state index is 12.8. The van der Waals surface area contributed by atoms with Crippen molar-refractivity contribution in [1.29, 1.82) is 0 Å². The summed E-state index contributed by atoms with van der Waals surface area (Å²) in [5.41, 5.74) is 3.47. The van der Waals surface area contributed by atoms with Crippen LogP contribution in [0.5, 0.6) is 0 Å². The number of anilines is 1. The summed E-state index contributed by atoms with van der Waals surface area (Å²) in [6, 6.07) is 19.1. The third kappa shape index (κ3) is 6.80. The molecule has 2 aromatic carbocycles.